The van der Waals surface area contributed by atoms with E-state index in [4.69, 9.17) is 11.6 Å². The molecule has 0 fully saturated rings. The fourth-order valence-electron chi connectivity index (χ4n) is 0.449. The molecule has 0 aromatic heterocycles. The van der Waals surface area contributed by atoms with Crippen LogP contribution in [0.15, 0.2) is 0 Å². The highest BCUT2D eigenvalue weighted by Crippen LogP contribution is 1.89. The van der Waals surface area contributed by atoms with Gasteiger partial charge in [-0.1, -0.05) is 25.2 Å². The average molecular weight is 155 g/mol. The van der Waals surface area contributed by atoms with Gasteiger partial charge in [0, 0.05) is 6.42 Å². The third kappa shape index (κ3) is 7.41. The lowest BCUT2D eigenvalue weighted by atomic mass is 10.2. The number of rotatable bonds is 2. The quantitative estimate of drug-likeness (QED) is 0.326. The number of hydrogen-bond donors (Lipinski definition) is 0. The van der Waals surface area contributed by atoms with Crippen molar-refractivity contribution in [2.24, 2.45) is 0 Å². The van der Waals surface area contributed by atoms with Crippen LogP contribution in [-0.4, -0.2) is 5.88 Å². The van der Waals surface area contributed by atoms with Gasteiger partial charge >= 0.3 is 0 Å². The minimum absolute atomic E-state index is 0.377. The molecule has 0 radical (unpaired) electrons. The van der Waals surface area contributed by atoms with Gasteiger partial charge in [-0.2, -0.15) is 0 Å². The van der Waals surface area contributed by atoms with E-state index in [-0.39, 0.29) is 0 Å². The second kappa shape index (κ2) is 8.41. The smallest absolute Gasteiger partial charge is 0.0845 e. The van der Waals surface area contributed by atoms with Crippen LogP contribution in [0.4, 0.5) is 0 Å². The van der Waals surface area contributed by atoms with E-state index in [2.05, 4.69) is 30.6 Å². The molecule has 54 valence electrons. The molecule has 0 unspecified atom stereocenters. The van der Waals surface area contributed by atoms with E-state index >= 15 is 0 Å². The first-order chi connectivity index (χ1) is 4.91. The van der Waals surface area contributed by atoms with Gasteiger partial charge < -0.3 is 0 Å². The van der Waals surface area contributed by atoms with Crippen molar-refractivity contribution in [1.82, 2.24) is 0 Å². The zero-order valence-corrected chi connectivity index (χ0v) is 6.96. The molecule has 0 aromatic carbocycles. The van der Waals surface area contributed by atoms with Gasteiger partial charge in [-0.05, 0) is 18.3 Å². The van der Waals surface area contributed by atoms with Crippen molar-refractivity contribution in [3.8, 4) is 23.7 Å². The predicted molar refractivity (Wildman–Crippen MR) is 45.8 cm³/mol. The normalized spacial score (nSPS) is 7.00. The van der Waals surface area contributed by atoms with E-state index in [1.807, 2.05) is 0 Å². The fraction of sp³-hybridized carbons (Fsp3) is 0.556. The van der Waals surface area contributed by atoms with Crippen molar-refractivity contribution in [3.63, 3.8) is 0 Å². The van der Waals surface area contributed by atoms with Crippen molar-refractivity contribution >= 4 is 11.6 Å². The molecule has 0 aromatic rings. The van der Waals surface area contributed by atoms with Crippen molar-refractivity contribution in [3.05, 3.63) is 0 Å². The Labute approximate surface area is 68.0 Å². The summed E-state index contributed by atoms with van der Waals surface area (Å²) in [5, 5.41) is 0. The summed E-state index contributed by atoms with van der Waals surface area (Å²) >= 11 is 5.30. The first-order valence-corrected chi connectivity index (χ1v) is 3.97. The van der Waals surface area contributed by atoms with E-state index < -0.39 is 0 Å². The van der Waals surface area contributed by atoms with Crippen molar-refractivity contribution in [1.29, 1.82) is 0 Å². The van der Waals surface area contributed by atoms with Crippen LogP contribution >= 0.6 is 11.6 Å². The van der Waals surface area contributed by atoms with E-state index in [1.54, 1.807) is 0 Å². The van der Waals surface area contributed by atoms with Crippen LogP contribution < -0.4 is 0 Å². The van der Waals surface area contributed by atoms with Crippen LogP contribution in [0.25, 0.3) is 0 Å². The van der Waals surface area contributed by atoms with Gasteiger partial charge in [0.15, 0.2) is 0 Å². The molecule has 0 nitrogen and oxygen atoms in total. The van der Waals surface area contributed by atoms with Crippen molar-refractivity contribution in [2.45, 2.75) is 26.2 Å². The van der Waals surface area contributed by atoms with E-state index in [1.165, 1.54) is 6.42 Å². The van der Waals surface area contributed by atoms with Crippen molar-refractivity contribution < 1.29 is 0 Å². The lowest BCUT2D eigenvalue weighted by Gasteiger charge is -1.80. The molecule has 0 spiro atoms. The molecule has 1 heteroatoms. The molecule has 0 amide bonds. The number of halogens is 1. The summed E-state index contributed by atoms with van der Waals surface area (Å²) in [6, 6.07) is 0. The van der Waals surface area contributed by atoms with Gasteiger partial charge in [0.25, 0.3) is 0 Å². The second-order valence-electron chi connectivity index (χ2n) is 1.84. The molecule has 0 N–H and O–H groups in total. The molecule has 0 rings (SSSR count). The highest BCUT2D eigenvalue weighted by atomic mass is 35.5. The Bertz CT molecular complexity index is 172. The Hall–Kier alpha value is -0.590. The lowest BCUT2D eigenvalue weighted by Crippen LogP contribution is -1.66. The molecular weight excluding hydrogens is 144 g/mol. The van der Waals surface area contributed by atoms with Crippen LogP contribution in [-0.2, 0) is 0 Å². The molecule has 0 atom stereocenters. The summed E-state index contributed by atoms with van der Waals surface area (Å²) in [5.74, 6) is 11.4. The summed E-state index contributed by atoms with van der Waals surface area (Å²) < 4.78 is 0. The molecule has 0 saturated carbocycles. The van der Waals surface area contributed by atoms with Crippen LogP contribution in [0.2, 0.25) is 0 Å². The molecular formula is C9H11Cl. The SMILES string of the molecule is CCCCC#CC#CCCl. The Balaban J connectivity index is 3.31. The fourth-order valence-corrected chi connectivity index (χ4v) is 0.516. The zero-order chi connectivity index (χ0) is 7.66. The number of unbranched alkanes of at least 4 members (excludes halogenated alkanes) is 2. The van der Waals surface area contributed by atoms with Gasteiger partial charge in [0.05, 0.1) is 5.88 Å². The summed E-state index contributed by atoms with van der Waals surface area (Å²) in [7, 11) is 0. The van der Waals surface area contributed by atoms with Gasteiger partial charge in [-0.25, -0.2) is 0 Å². The van der Waals surface area contributed by atoms with E-state index in [0.717, 1.165) is 12.8 Å². The Morgan fingerprint density at radius 3 is 2.50 bits per heavy atom. The summed E-state index contributed by atoms with van der Waals surface area (Å²) in [5.41, 5.74) is 0. The maximum Gasteiger partial charge on any atom is 0.0845 e. The summed E-state index contributed by atoms with van der Waals surface area (Å²) in [4.78, 5) is 0. The molecule has 0 bridgehead atoms. The van der Waals surface area contributed by atoms with Crippen molar-refractivity contribution in [2.75, 3.05) is 5.88 Å². The predicted octanol–water partition coefficient (Wildman–Crippen LogP) is 2.42. The first kappa shape index (κ1) is 9.41. The van der Waals surface area contributed by atoms with Crippen LogP contribution in [0, 0.1) is 23.7 Å². The Kier molecular flexibility index (Phi) is 7.91. The van der Waals surface area contributed by atoms with Gasteiger partial charge in [-0.15, -0.1) is 11.6 Å². The third-order valence-corrected chi connectivity index (χ3v) is 1.10. The summed E-state index contributed by atoms with van der Waals surface area (Å²) in [6.45, 7) is 2.14. The zero-order valence-electron chi connectivity index (χ0n) is 6.21. The van der Waals surface area contributed by atoms with Crippen LogP contribution in [0.3, 0.4) is 0 Å². The molecule has 0 heterocycles. The Morgan fingerprint density at radius 1 is 1.20 bits per heavy atom. The molecule has 0 aliphatic carbocycles. The number of alkyl halides is 1. The number of hydrogen-bond acceptors (Lipinski definition) is 0. The molecule has 0 aliphatic rings. The Morgan fingerprint density at radius 2 is 1.90 bits per heavy atom. The van der Waals surface area contributed by atoms with Gasteiger partial charge in [0.1, 0.15) is 0 Å². The highest BCUT2D eigenvalue weighted by Gasteiger charge is 1.73. The van der Waals surface area contributed by atoms with E-state index in [0.29, 0.717) is 5.88 Å². The monoisotopic (exact) mass is 154 g/mol. The lowest BCUT2D eigenvalue weighted by molar-refractivity contribution is 0.828. The average Bonchev–Trinajstić information content (AvgIpc) is 1.97. The van der Waals surface area contributed by atoms with Crippen LogP contribution in [0.5, 0.6) is 0 Å². The van der Waals surface area contributed by atoms with Crippen LogP contribution in [0.1, 0.15) is 26.2 Å². The third-order valence-electron chi connectivity index (χ3n) is 0.961. The topological polar surface area (TPSA) is 0 Å². The second-order valence-corrected chi connectivity index (χ2v) is 2.11. The maximum atomic E-state index is 5.30. The maximum absolute atomic E-state index is 5.30. The van der Waals surface area contributed by atoms with Gasteiger partial charge in [0.2, 0.25) is 0 Å². The van der Waals surface area contributed by atoms with E-state index in [9.17, 15) is 0 Å². The molecule has 0 aliphatic heterocycles. The summed E-state index contributed by atoms with van der Waals surface area (Å²) in [6.07, 6.45) is 3.31. The molecule has 10 heavy (non-hydrogen) atoms. The standard InChI is InChI=1S/C9H11Cl/c1-2-3-4-5-6-7-8-9-10/h2-4,9H2,1H3. The largest absolute Gasteiger partial charge is 0.113 e. The highest BCUT2D eigenvalue weighted by molar-refractivity contribution is 6.19. The molecule has 0 saturated heterocycles. The minimum Gasteiger partial charge on any atom is -0.113 e. The minimum atomic E-state index is 0.377. The van der Waals surface area contributed by atoms with Gasteiger partial charge in [-0.3, -0.25) is 0 Å². The first-order valence-electron chi connectivity index (χ1n) is 3.43.